The first kappa shape index (κ1) is 11.2. The molecule has 2 N–H and O–H groups in total. The van der Waals surface area contributed by atoms with Crippen LogP contribution < -0.4 is 5.73 Å². The Morgan fingerprint density at radius 3 is 2.82 bits per heavy atom. The molecule has 3 unspecified atom stereocenters. The van der Waals surface area contributed by atoms with Gasteiger partial charge < -0.3 is 10.3 Å². The maximum absolute atomic E-state index is 6.16. The third-order valence-electron chi connectivity index (χ3n) is 4.55. The van der Waals surface area contributed by atoms with Crippen molar-refractivity contribution in [3.8, 4) is 0 Å². The predicted octanol–water partition coefficient (Wildman–Crippen LogP) is 1.46. The van der Waals surface area contributed by atoms with Crippen LogP contribution in [-0.4, -0.2) is 29.2 Å². The Labute approximate surface area is 102 Å². The molecular weight excluding hydrogens is 214 g/mol. The quantitative estimate of drug-likeness (QED) is 0.843. The number of hydrogen-bond acceptors (Lipinski definition) is 4. The molecule has 0 bridgehead atoms. The molecule has 1 aliphatic heterocycles. The molecular formula is C13H21N3O. The molecule has 3 atom stereocenters. The van der Waals surface area contributed by atoms with Crippen molar-refractivity contribution in [3.05, 3.63) is 17.0 Å². The second kappa shape index (κ2) is 4.10. The second-order valence-electron chi connectivity index (χ2n) is 5.66. The lowest BCUT2D eigenvalue weighted by molar-refractivity contribution is 0.295. The van der Waals surface area contributed by atoms with Crippen molar-refractivity contribution in [2.75, 3.05) is 13.1 Å². The van der Waals surface area contributed by atoms with Crippen molar-refractivity contribution < 1.29 is 4.52 Å². The zero-order valence-corrected chi connectivity index (χ0v) is 10.6. The van der Waals surface area contributed by atoms with Crippen molar-refractivity contribution in [2.45, 2.75) is 39.3 Å². The topological polar surface area (TPSA) is 55.3 Å². The van der Waals surface area contributed by atoms with Gasteiger partial charge in [0.25, 0.3) is 0 Å². The zero-order chi connectivity index (χ0) is 12.0. The number of nitrogens with zero attached hydrogens (tertiary/aromatic N) is 2. The van der Waals surface area contributed by atoms with E-state index in [-0.39, 0.29) is 0 Å². The minimum absolute atomic E-state index is 0.426. The molecule has 0 spiro atoms. The lowest BCUT2D eigenvalue weighted by Crippen LogP contribution is -2.30. The highest BCUT2D eigenvalue weighted by Gasteiger charge is 2.40. The monoisotopic (exact) mass is 235 g/mol. The van der Waals surface area contributed by atoms with Crippen molar-refractivity contribution in [3.63, 3.8) is 0 Å². The number of hydrogen-bond donors (Lipinski definition) is 1. The van der Waals surface area contributed by atoms with Gasteiger partial charge >= 0.3 is 0 Å². The summed E-state index contributed by atoms with van der Waals surface area (Å²) >= 11 is 0. The number of nitrogens with two attached hydrogens (primary N) is 1. The van der Waals surface area contributed by atoms with Gasteiger partial charge in [0.15, 0.2) is 0 Å². The van der Waals surface area contributed by atoms with Gasteiger partial charge in [0.2, 0.25) is 0 Å². The van der Waals surface area contributed by atoms with Crippen LogP contribution in [0.4, 0.5) is 0 Å². The summed E-state index contributed by atoms with van der Waals surface area (Å²) in [5.74, 6) is 2.50. The molecule has 0 aromatic carbocycles. The van der Waals surface area contributed by atoms with Gasteiger partial charge in [-0.3, -0.25) is 4.90 Å². The van der Waals surface area contributed by atoms with E-state index in [1.807, 2.05) is 13.8 Å². The molecule has 94 valence electrons. The lowest BCUT2D eigenvalue weighted by Gasteiger charge is -2.18. The molecule has 17 heavy (non-hydrogen) atoms. The summed E-state index contributed by atoms with van der Waals surface area (Å²) in [6, 6.07) is 0.426. The molecule has 0 radical (unpaired) electrons. The van der Waals surface area contributed by atoms with Crippen molar-refractivity contribution >= 4 is 0 Å². The Hall–Kier alpha value is -0.870. The minimum atomic E-state index is 0.426. The molecule has 4 nitrogen and oxygen atoms in total. The summed E-state index contributed by atoms with van der Waals surface area (Å²) in [5.41, 5.74) is 8.45. The number of rotatable bonds is 2. The molecule has 4 heteroatoms. The van der Waals surface area contributed by atoms with Gasteiger partial charge in [0, 0.05) is 31.2 Å². The van der Waals surface area contributed by atoms with E-state index in [0.29, 0.717) is 6.04 Å². The summed E-state index contributed by atoms with van der Waals surface area (Å²) in [5, 5.41) is 4.02. The fourth-order valence-electron chi connectivity index (χ4n) is 3.48. The van der Waals surface area contributed by atoms with E-state index in [9.17, 15) is 0 Å². The first-order valence-corrected chi connectivity index (χ1v) is 6.55. The molecule has 1 saturated heterocycles. The highest BCUT2D eigenvalue weighted by Crippen LogP contribution is 2.37. The average Bonchev–Trinajstić information content (AvgIpc) is 2.93. The van der Waals surface area contributed by atoms with E-state index in [2.05, 4.69) is 10.1 Å². The molecule has 3 rings (SSSR count). The van der Waals surface area contributed by atoms with Crippen molar-refractivity contribution in [1.29, 1.82) is 0 Å². The lowest BCUT2D eigenvalue weighted by atomic mass is 9.98. The summed E-state index contributed by atoms with van der Waals surface area (Å²) in [6.45, 7) is 7.34. The van der Waals surface area contributed by atoms with Crippen LogP contribution in [0.3, 0.4) is 0 Å². The third kappa shape index (κ3) is 1.89. The molecule has 2 heterocycles. The Bertz CT molecular complexity index is 395. The molecule has 1 saturated carbocycles. The Morgan fingerprint density at radius 1 is 1.35 bits per heavy atom. The van der Waals surface area contributed by atoms with E-state index < -0.39 is 0 Å². The maximum Gasteiger partial charge on any atom is 0.138 e. The summed E-state index contributed by atoms with van der Waals surface area (Å²) in [6.07, 6.45) is 2.53. The molecule has 2 aliphatic rings. The van der Waals surface area contributed by atoms with Crippen LogP contribution in [0.5, 0.6) is 0 Å². The van der Waals surface area contributed by atoms with Gasteiger partial charge in [-0.15, -0.1) is 0 Å². The highest BCUT2D eigenvalue weighted by atomic mass is 16.5. The van der Waals surface area contributed by atoms with Crippen LogP contribution in [0, 0.1) is 25.7 Å². The Balaban J connectivity index is 1.69. The van der Waals surface area contributed by atoms with Crippen LogP contribution in [0.1, 0.15) is 29.9 Å². The predicted molar refractivity (Wildman–Crippen MR) is 65.4 cm³/mol. The van der Waals surface area contributed by atoms with Crippen LogP contribution in [-0.2, 0) is 6.54 Å². The van der Waals surface area contributed by atoms with Gasteiger partial charge in [-0.1, -0.05) is 5.16 Å². The normalized spacial score (nSPS) is 33.2. The minimum Gasteiger partial charge on any atom is -0.361 e. The smallest absolute Gasteiger partial charge is 0.138 e. The molecule has 0 amide bonds. The second-order valence-corrected chi connectivity index (χ2v) is 5.66. The maximum atomic E-state index is 6.16. The van der Waals surface area contributed by atoms with Gasteiger partial charge in [-0.25, -0.2) is 0 Å². The summed E-state index contributed by atoms with van der Waals surface area (Å²) in [7, 11) is 0. The van der Waals surface area contributed by atoms with Gasteiger partial charge in [-0.2, -0.15) is 0 Å². The van der Waals surface area contributed by atoms with E-state index >= 15 is 0 Å². The fraction of sp³-hybridized carbons (Fsp3) is 0.769. The zero-order valence-electron chi connectivity index (χ0n) is 10.6. The summed E-state index contributed by atoms with van der Waals surface area (Å²) in [4.78, 5) is 2.51. The summed E-state index contributed by atoms with van der Waals surface area (Å²) < 4.78 is 5.22. The van der Waals surface area contributed by atoms with E-state index in [0.717, 1.165) is 36.4 Å². The SMILES string of the molecule is Cc1noc(C)c1CN1CC2CCC(N)C2C1. The Kier molecular flexibility index (Phi) is 2.71. The molecule has 1 aliphatic carbocycles. The highest BCUT2D eigenvalue weighted by molar-refractivity contribution is 5.20. The van der Waals surface area contributed by atoms with Gasteiger partial charge in [0.05, 0.1) is 5.69 Å². The van der Waals surface area contributed by atoms with Crippen LogP contribution >= 0.6 is 0 Å². The van der Waals surface area contributed by atoms with Crippen molar-refractivity contribution in [1.82, 2.24) is 10.1 Å². The van der Waals surface area contributed by atoms with E-state index in [1.54, 1.807) is 0 Å². The van der Waals surface area contributed by atoms with Crippen LogP contribution in [0.2, 0.25) is 0 Å². The first-order chi connectivity index (χ1) is 8.15. The van der Waals surface area contributed by atoms with Gasteiger partial charge in [-0.05, 0) is 38.5 Å². The third-order valence-corrected chi connectivity index (χ3v) is 4.55. The first-order valence-electron chi connectivity index (χ1n) is 6.55. The number of likely N-dealkylation sites (tertiary alicyclic amines) is 1. The number of fused-ring (bicyclic) bond motifs is 1. The molecule has 1 aromatic heterocycles. The Morgan fingerprint density at radius 2 is 2.18 bits per heavy atom. The van der Waals surface area contributed by atoms with Crippen molar-refractivity contribution in [2.24, 2.45) is 17.6 Å². The molecule has 1 aromatic rings. The number of aryl methyl sites for hydroxylation is 2. The largest absolute Gasteiger partial charge is 0.361 e. The van der Waals surface area contributed by atoms with Crippen LogP contribution in [0.25, 0.3) is 0 Å². The van der Waals surface area contributed by atoms with E-state index in [4.69, 9.17) is 10.3 Å². The molecule has 2 fully saturated rings. The van der Waals surface area contributed by atoms with E-state index in [1.165, 1.54) is 24.9 Å². The number of aromatic nitrogens is 1. The van der Waals surface area contributed by atoms with Crippen LogP contribution in [0.15, 0.2) is 4.52 Å². The standard InChI is InChI=1S/C13H21N3O/c1-8-11(9(2)17-15-8)6-16-5-10-3-4-13(14)12(10)7-16/h10,12-13H,3-7,14H2,1-2H3. The fourth-order valence-corrected chi connectivity index (χ4v) is 3.48. The average molecular weight is 235 g/mol. The van der Waals surface area contributed by atoms with Gasteiger partial charge in [0.1, 0.15) is 5.76 Å².